The minimum Gasteiger partial charge on any atom is -1.00 e. The fourth-order valence-corrected chi connectivity index (χ4v) is 2.97. The van der Waals surface area contributed by atoms with Gasteiger partial charge in [-0.15, -0.1) is 5.10 Å². The first-order valence-electron chi connectivity index (χ1n) is 5.95. The maximum absolute atomic E-state index is 12.8. The second-order valence-electron chi connectivity index (χ2n) is 4.55. The molecule has 0 spiro atoms. The summed E-state index contributed by atoms with van der Waals surface area (Å²) in [5, 5.41) is 3.63. The maximum Gasteiger partial charge on any atom is 1.00 e. The van der Waals surface area contributed by atoms with Gasteiger partial charge >= 0.3 is 41.8 Å². The second-order valence-corrected chi connectivity index (χ2v) is 7.11. The number of hydrogen-bond donors (Lipinski definition) is 1. The third kappa shape index (κ3) is 4.50. The number of nitrogens with one attached hydrogen (secondary N) is 1. The van der Waals surface area contributed by atoms with E-state index < -0.39 is 22.3 Å². The molecule has 0 aliphatic heterocycles. The van der Waals surface area contributed by atoms with Gasteiger partial charge in [0.1, 0.15) is 5.82 Å². The first kappa shape index (κ1) is 21.4. The molecule has 1 heterocycles. The molecule has 128 valence electrons. The molecule has 0 aliphatic rings. The average molecular weight is 411 g/mol. The number of aryl methyl sites for hydroxylation is 1. The molecule has 1 N–H and O–H groups in total. The zero-order valence-corrected chi connectivity index (χ0v) is 17.0. The number of nitrogens with zero attached hydrogens (tertiary/aromatic N) is 3. The number of anilines is 1. The van der Waals surface area contributed by atoms with E-state index in [4.69, 9.17) is 23.2 Å². The van der Waals surface area contributed by atoms with Crippen LogP contribution < -0.4 is 40.0 Å². The summed E-state index contributed by atoms with van der Waals surface area (Å²) in [7, 11) is -3.65. The van der Waals surface area contributed by atoms with Crippen molar-refractivity contribution in [2.75, 3.05) is 11.0 Å². The Balaban J connectivity index is 0.00000288. The van der Waals surface area contributed by atoms with Crippen LogP contribution in [-0.4, -0.2) is 29.0 Å². The quantitative estimate of drug-likeness (QED) is 0.690. The number of alkyl halides is 2. The van der Waals surface area contributed by atoms with E-state index in [1.54, 1.807) is 0 Å². The summed E-state index contributed by atoms with van der Waals surface area (Å²) >= 11 is 11.8. The van der Waals surface area contributed by atoms with Crippen molar-refractivity contribution in [3.8, 4) is 5.69 Å². The molecule has 0 fully saturated rings. The fraction of sp³-hybridized carbons (Fsp3) is 0.273. The molecule has 0 amide bonds. The Morgan fingerprint density at radius 2 is 1.88 bits per heavy atom. The summed E-state index contributed by atoms with van der Waals surface area (Å²) in [5.74, 6) is -0.228. The standard InChI is InChI=1S/C11H10Cl2F2N4O3S.Na.H/c1-5-16-19(11(20)18(5)10(14)15)9-4-8(17-23(2,21)22)6(12)3-7(9)13;;/h3-4,10,17H,1-2H3;;/q;+1;-1. The van der Waals surface area contributed by atoms with Crippen LogP contribution in [0, 0.1) is 6.92 Å². The molecule has 13 heteroatoms. The van der Waals surface area contributed by atoms with E-state index >= 15 is 0 Å². The van der Waals surface area contributed by atoms with Crippen LogP contribution in [0.4, 0.5) is 14.5 Å². The molecule has 24 heavy (non-hydrogen) atoms. The molecule has 0 saturated heterocycles. The first-order chi connectivity index (χ1) is 10.5. The number of rotatable bonds is 4. The van der Waals surface area contributed by atoms with Crippen molar-refractivity contribution in [1.29, 1.82) is 0 Å². The first-order valence-corrected chi connectivity index (χ1v) is 8.59. The van der Waals surface area contributed by atoms with Crippen LogP contribution in [0.5, 0.6) is 0 Å². The zero-order chi connectivity index (χ0) is 17.5. The zero-order valence-electron chi connectivity index (χ0n) is 13.7. The van der Waals surface area contributed by atoms with Gasteiger partial charge in [-0.3, -0.25) is 4.72 Å². The van der Waals surface area contributed by atoms with Crippen molar-refractivity contribution < 1.29 is 48.2 Å². The largest absolute Gasteiger partial charge is 1.00 e. The molecular weight excluding hydrogens is 400 g/mol. The van der Waals surface area contributed by atoms with Crippen molar-refractivity contribution in [2.45, 2.75) is 13.5 Å². The summed E-state index contributed by atoms with van der Waals surface area (Å²) in [4.78, 5) is 12.0. The van der Waals surface area contributed by atoms with Crippen molar-refractivity contribution in [3.05, 3.63) is 38.5 Å². The van der Waals surface area contributed by atoms with E-state index in [1.165, 1.54) is 13.0 Å². The van der Waals surface area contributed by atoms with Crippen LogP contribution in [0.1, 0.15) is 13.8 Å². The Morgan fingerprint density at radius 1 is 1.29 bits per heavy atom. The minimum absolute atomic E-state index is 0. The summed E-state index contributed by atoms with van der Waals surface area (Å²) in [6.07, 6.45) is 0.902. The van der Waals surface area contributed by atoms with Gasteiger partial charge in [0.25, 0.3) is 0 Å². The summed E-state index contributed by atoms with van der Waals surface area (Å²) in [6, 6.07) is 2.31. The van der Waals surface area contributed by atoms with Crippen LogP contribution in [0.25, 0.3) is 5.69 Å². The van der Waals surface area contributed by atoms with Gasteiger partial charge in [0.15, 0.2) is 0 Å². The number of benzene rings is 1. The molecular formula is C11H11Cl2F2N4NaO3S. The summed E-state index contributed by atoms with van der Waals surface area (Å²) in [5.41, 5.74) is -1.27. The van der Waals surface area contributed by atoms with E-state index in [1.807, 2.05) is 0 Å². The van der Waals surface area contributed by atoms with Crippen molar-refractivity contribution in [2.24, 2.45) is 0 Å². The number of sulfonamides is 1. The molecule has 2 rings (SSSR count). The molecule has 2 aromatic rings. The average Bonchev–Trinajstić information content (AvgIpc) is 2.66. The minimum atomic E-state index is -3.65. The number of hydrogen-bond acceptors (Lipinski definition) is 4. The molecule has 0 unspecified atom stereocenters. The Morgan fingerprint density at radius 3 is 2.33 bits per heavy atom. The van der Waals surface area contributed by atoms with E-state index in [9.17, 15) is 22.0 Å². The number of halogens is 4. The SMILES string of the molecule is Cc1nn(-c2cc(NS(C)(=O)=O)c(Cl)cc2Cl)c(=O)n1C(F)F.[H-].[Na+]. The van der Waals surface area contributed by atoms with Crippen LogP contribution in [-0.2, 0) is 10.0 Å². The topological polar surface area (TPSA) is 86.0 Å². The van der Waals surface area contributed by atoms with E-state index in [-0.39, 0.29) is 62.8 Å². The Labute approximate surface area is 169 Å². The van der Waals surface area contributed by atoms with Crippen molar-refractivity contribution in [3.63, 3.8) is 0 Å². The van der Waals surface area contributed by atoms with E-state index in [0.29, 0.717) is 4.68 Å². The molecule has 1 aromatic carbocycles. The van der Waals surface area contributed by atoms with Gasteiger partial charge < -0.3 is 1.43 Å². The Kier molecular flexibility index (Phi) is 6.87. The van der Waals surface area contributed by atoms with Crippen LogP contribution >= 0.6 is 23.2 Å². The number of aromatic nitrogens is 3. The van der Waals surface area contributed by atoms with Gasteiger partial charge in [0, 0.05) is 0 Å². The third-order valence-corrected chi connectivity index (χ3v) is 3.94. The molecule has 0 atom stereocenters. The van der Waals surface area contributed by atoms with Gasteiger partial charge in [0.05, 0.1) is 27.7 Å². The molecule has 1 aromatic heterocycles. The van der Waals surface area contributed by atoms with Crippen LogP contribution in [0.15, 0.2) is 16.9 Å². The van der Waals surface area contributed by atoms with Gasteiger partial charge in [-0.25, -0.2) is 17.8 Å². The van der Waals surface area contributed by atoms with Crippen molar-refractivity contribution in [1.82, 2.24) is 14.3 Å². The van der Waals surface area contributed by atoms with E-state index in [2.05, 4.69) is 9.82 Å². The third-order valence-electron chi connectivity index (χ3n) is 2.74. The predicted molar refractivity (Wildman–Crippen MR) is 83.4 cm³/mol. The van der Waals surface area contributed by atoms with Gasteiger partial charge in [0.2, 0.25) is 10.0 Å². The van der Waals surface area contributed by atoms with Crippen LogP contribution in [0.3, 0.4) is 0 Å². The Hall–Kier alpha value is -0.650. The molecule has 7 nitrogen and oxygen atoms in total. The fourth-order valence-electron chi connectivity index (χ4n) is 1.84. The molecule has 0 bridgehead atoms. The van der Waals surface area contributed by atoms with Gasteiger partial charge in [-0.1, -0.05) is 23.2 Å². The second kappa shape index (κ2) is 7.71. The normalized spacial score (nSPS) is 11.5. The Bertz CT molecular complexity index is 936. The molecule has 0 aliphatic carbocycles. The monoisotopic (exact) mass is 410 g/mol. The van der Waals surface area contributed by atoms with Gasteiger partial charge in [-0.2, -0.15) is 13.5 Å². The summed E-state index contributed by atoms with van der Waals surface area (Å²) in [6.45, 7) is -1.85. The smallest absolute Gasteiger partial charge is 1.00 e. The summed E-state index contributed by atoms with van der Waals surface area (Å²) < 4.78 is 51.3. The maximum atomic E-state index is 12.8. The molecule has 0 radical (unpaired) electrons. The van der Waals surface area contributed by atoms with E-state index in [0.717, 1.165) is 12.3 Å². The predicted octanol–water partition coefficient (Wildman–Crippen LogP) is -0.468. The van der Waals surface area contributed by atoms with Gasteiger partial charge in [-0.05, 0) is 19.1 Å². The van der Waals surface area contributed by atoms with Crippen LogP contribution in [0.2, 0.25) is 10.0 Å². The molecule has 0 saturated carbocycles. The van der Waals surface area contributed by atoms with Crippen molar-refractivity contribution >= 4 is 38.9 Å².